The number of rotatable bonds is 7. The lowest BCUT2D eigenvalue weighted by atomic mass is 10.1. The van der Waals surface area contributed by atoms with E-state index in [0.717, 1.165) is 0 Å². The van der Waals surface area contributed by atoms with E-state index in [0.29, 0.717) is 11.3 Å². The molecule has 7 nitrogen and oxygen atoms in total. The molecule has 3 rings (SSSR count). The number of benzene rings is 2. The fourth-order valence-electron chi connectivity index (χ4n) is 2.63. The van der Waals surface area contributed by atoms with Crippen LogP contribution in [-0.4, -0.2) is 30.9 Å². The first-order chi connectivity index (χ1) is 14.0. The van der Waals surface area contributed by atoms with Crippen molar-refractivity contribution in [2.45, 2.75) is 13.0 Å². The number of hydrogen-bond acceptors (Lipinski definition) is 6. The van der Waals surface area contributed by atoms with Gasteiger partial charge < -0.3 is 19.2 Å². The standard InChI is InChI=1S/C22H19NO6/c1-14(20(24)15-9-11-16(27-2)12-10-15)29-22(26)17-6-3-4-7-18(17)23-21(25)19-8-5-13-28-19/h3-14H,1-2H3,(H,23,25)/t14-/m1/s1. The number of carbonyl (C=O) groups is 3. The van der Waals surface area contributed by atoms with E-state index in [1.807, 2.05) is 0 Å². The molecule has 0 spiro atoms. The maximum absolute atomic E-state index is 12.6. The molecule has 0 aliphatic carbocycles. The Kier molecular flexibility index (Phi) is 6.09. The number of carbonyl (C=O) groups excluding carboxylic acids is 3. The predicted molar refractivity (Wildman–Crippen MR) is 105 cm³/mol. The Morgan fingerprint density at radius 1 is 0.966 bits per heavy atom. The van der Waals surface area contributed by atoms with E-state index in [2.05, 4.69) is 5.32 Å². The summed E-state index contributed by atoms with van der Waals surface area (Å²) < 4.78 is 15.4. The van der Waals surface area contributed by atoms with Gasteiger partial charge in [-0.2, -0.15) is 0 Å². The number of ether oxygens (including phenoxy) is 2. The average molecular weight is 393 g/mol. The van der Waals surface area contributed by atoms with Gasteiger partial charge in [-0.05, 0) is 55.5 Å². The number of nitrogens with one attached hydrogen (secondary N) is 1. The topological polar surface area (TPSA) is 94.8 Å². The highest BCUT2D eigenvalue weighted by atomic mass is 16.5. The monoisotopic (exact) mass is 393 g/mol. The summed E-state index contributed by atoms with van der Waals surface area (Å²) in [5, 5.41) is 2.61. The molecule has 1 aromatic heterocycles. The number of esters is 1. The van der Waals surface area contributed by atoms with Gasteiger partial charge >= 0.3 is 5.97 Å². The van der Waals surface area contributed by atoms with Gasteiger partial charge in [0.05, 0.1) is 24.6 Å². The molecule has 0 saturated carbocycles. The van der Waals surface area contributed by atoms with Crippen molar-refractivity contribution in [3.05, 3.63) is 83.8 Å². The van der Waals surface area contributed by atoms with E-state index in [9.17, 15) is 14.4 Å². The van der Waals surface area contributed by atoms with Crippen LogP contribution in [0.4, 0.5) is 5.69 Å². The van der Waals surface area contributed by atoms with Gasteiger partial charge in [0.2, 0.25) is 5.78 Å². The van der Waals surface area contributed by atoms with Gasteiger partial charge in [0.15, 0.2) is 11.9 Å². The van der Waals surface area contributed by atoms with E-state index in [1.54, 1.807) is 48.5 Å². The van der Waals surface area contributed by atoms with Crippen molar-refractivity contribution in [1.29, 1.82) is 0 Å². The summed E-state index contributed by atoms with van der Waals surface area (Å²) in [5.41, 5.74) is 0.773. The van der Waals surface area contributed by atoms with Gasteiger partial charge in [-0.15, -0.1) is 0 Å². The summed E-state index contributed by atoms with van der Waals surface area (Å²) in [6.45, 7) is 1.49. The fourth-order valence-corrected chi connectivity index (χ4v) is 2.63. The van der Waals surface area contributed by atoms with Crippen LogP contribution < -0.4 is 10.1 Å². The minimum atomic E-state index is -1.01. The molecule has 3 aromatic rings. The number of amides is 1. The first-order valence-corrected chi connectivity index (χ1v) is 8.82. The summed E-state index contributed by atoms with van der Waals surface area (Å²) in [6.07, 6.45) is 0.367. The Bertz CT molecular complexity index is 1010. The number of methoxy groups -OCH3 is 1. The molecule has 29 heavy (non-hydrogen) atoms. The van der Waals surface area contributed by atoms with Crippen molar-refractivity contribution in [1.82, 2.24) is 0 Å². The maximum Gasteiger partial charge on any atom is 0.340 e. The third kappa shape index (κ3) is 4.70. The zero-order valence-corrected chi connectivity index (χ0v) is 15.9. The number of para-hydroxylation sites is 1. The molecular weight excluding hydrogens is 374 g/mol. The molecule has 0 aliphatic rings. The average Bonchev–Trinajstić information content (AvgIpc) is 3.28. The van der Waals surface area contributed by atoms with Crippen molar-refractivity contribution >= 4 is 23.3 Å². The lowest BCUT2D eigenvalue weighted by Gasteiger charge is -2.15. The number of hydrogen-bond donors (Lipinski definition) is 1. The zero-order valence-electron chi connectivity index (χ0n) is 15.9. The third-order valence-corrected chi connectivity index (χ3v) is 4.17. The number of anilines is 1. The minimum Gasteiger partial charge on any atom is -0.497 e. The molecule has 0 saturated heterocycles. The van der Waals surface area contributed by atoms with Crippen LogP contribution in [0.1, 0.15) is 38.2 Å². The lowest BCUT2D eigenvalue weighted by molar-refractivity contribution is 0.0320. The highest BCUT2D eigenvalue weighted by Gasteiger charge is 2.23. The van der Waals surface area contributed by atoms with E-state index >= 15 is 0 Å². The summed E-state index contributed by atoms with van der Waals surface area (Å²) >= 11 is 0. The first-order valence-electron chi connectivity index (χ1n) is 8.82. The number of Topliss-reactive ketones (excluding diaryl/α,β-unsaturated/α-hetero) is 1. The molecule has 0 radical (unpaired) electrons. The summed E-state index contributed by atoms with van der Waals surface area (Å²) in [7, 11) is 1.53. The molecule has 1 amide bonds. The van der Waals surface area contributed by atoms with Crippen LogP contribution in [0, 0.1) is 0 Å². The molecule has 0 unspecified atom stereocenters. The molecule has 7 heteroatoms. The van der Waals surface area contributed by atoms with Crippen LogP contribution >= 0.6 is 0 Å². The second kappa shape index (κ2) is 8.88. The SMILES string of the molecule is COc1ccc(C(=O)[C@@H](C)OC(=O)c2ccccc2NC(=O)c2ccco2)cc1. The van der Waals surface area contributed by atoms with Gasteiger partial charge in [0.1, 0.15) is 5.75 Å². The van der Waals surface area contributed by atoms with Crippen molar-refractivity contribution < 1.29 is 28.3 Å². The van der Waals surface area contributed by atoms with Gasteiger partial charge in [-0.1, -0.05) is 12.1 Å². The predicted octanol–water partition coefficient (Wildman–Crippen LogP) is 3.97. The molecule has 148 valence electrons. The first kappa shape index (κ1) is 19.9. The zero-order chi connectivity index (χ0) is 20.8. The Labute approximate surface area is 167 Å². The van der Waals surface area contributed by atoms with Crippen molar-refractivity contribution in [2.75, 3.05) is 12.4 Å². The number of furan rings is 1. The van der Waals surface area contributed by atoms with Crippen LogP contribution in [0.5, 0.6) is 5.75 Å². The Morgan fingerprint density at radius 3 is 2.34 bits per heavy atom. The quantitative estimate of drug-likeness (QED) is 0.482. The second-order valence-electron chi connectivity index (χ2n) is 6.12. The normalized spacial score (nSPS) is 11.4. The smallest absolute Gasteiger partial charge is 0.340 e. The van der Waals surface area contributed by atoms with Gasteiger partial charge in [-0.25, -0.2) is 4.79 Å². The minimum absolute atomic E-state index is 0.108. The molecule has 1 N–H and O–H groups in total. The summed E-state index contributed by atoms with van der Waals surface area (Å²) in [5.74, 6) is -0.853. The Hall–Kier alpha value is -3.87. The van der Waals surface area contributed by atoms with E-state index in [4.69, 9.17) is 13.9 Å². The summed E-state index contributed by atoms with van der Waals surface area (Å²) in [6, 6.07) is 16.0. The van der Waals surface area contributed by atoms with Crippen LogP contribution in [0.15, 0.2) is 71.3 Å². The molecule has 0 aliphatic heterocycles. The maximum atomic E-state index is 12.6. The van der Waals surface area contributed by atoms with Crippen LogP contribution in [0.25, 0.3) is 0 Å². The van der Waals surface area contributed by atoms with Crippen molar-refractivity contribution in [3.8, 4) is 5.75 Å². The van der Waals surface area contributed by atoms with Crippen molar-refractivity contribution in [3.63, 3.8) is 0 Å². The van der Waals surface area contributed by atoms with Crippen molar-refractivity contribution in [2.24, 2.45) is 0 Å². The van der Waals surface area contributed by atoms with Crippen LogP contribution in [-0.2, 0) is 4.74 Å². The van der Waals surface area contributed by atoms with E-state index in [1.165, 1.54) is 32.4 Å². The molecular formula is C22H19NO6. The molecule has 2 aromatic carbocycles. The molecule has 0 bridgehead atoms. The van der Waals surface area contributed by atoms with Crippen LogP contribution in [0.2, 0.25) is 0 Å². The molecule has 1 atom stereocenters. The molecule has 1 heterocycles. The lowest BCUT2D eigenvalue weighted by Crippen LogP contribution is -2.25. The highest BCUT2D eigenvalue weighted by Crippen LogP contribution is 2.20. The summed E-state index contributed by atoms with van der Waals surface area (Å²) in [4.78, 5) is 37.3. The Morgan fingerprint density at radius 2 is 1.69 bits per heavy atom. The van der Waals surface area contributed by atoms with Gasteiger partial charge in [0, 0.05) is 5.56 Å². The third-order valence-electron chi connectivity index (χ3n) is 4.17. The highest BCUT2D eigenvalue weighted by molar-refractivity contribution is 6.07. The Balaban J connectivity index is 1.71. The van der Waals surface area contributed by atoms with E-state index in [-0.39, 0.29) is 22.8 Å². The van der Waals surface area contributed by atoms with Gasteiger partial charge in [0.25, 0.3) is 5.91 Å². The largest absolute Gasteiger partial charge is 0.497 e. The fraction of sp³-hybridized carbons (Fsp3) is 0.136. The second-order valence-corrected chi connectivity index (χ2v) is 6.12. The van der Waals surface area contributed by atoms with Crippen LogP contribution in [0.3, 0.4) is 0 Å². The van der Waals surface area contributed by atoms with E-state index < -0.39 is 18.0 Å². The number of ketones is 1. The molecule has 0 fully saturated rings. The van der Waals surface area contributed by atoms with Gasteiger partial charge in [-0.3, -0.25) is 9.59 Å².